The molecule has 0 saturated carbocycles. The average Bonchev–Trinajstić information content (AvgIpc) is 3.48. The summed E-state index contributed by atoms with van der Waals surface area (Å²) in [4.78, 5) is 12.4. The zero-order chi connectivity index (χ0) is 20.7. The van der Waals surface area contributed by atoms with Crippen molar-refractivity contribution in [1.29, 1.82) is 0 Å². The van der Waals surface area contributed by atoms with Crippen LogP contribution in [0.5, 0.6) is 0 Å². The maximum Gasteiger partial charge on any atom is 0.115 e. The van der Waals surface area contributed by atoms with Gasteiger partial charge >= 0.3 is 0 Å². The number of pyridine rings is 1. The van der Waals surface area contributed by atoms with E-state index in [9.17, 15) is 0 Å². The van der Waals surface area contributed by atoms with Crippen LogP contribution in [-0.4, -0.2) is 42.3 Å². The SMILES string of the molecule is CC(C)n1cnc2c(-c3cnn(C)c3)nc(C3CCN(Cc4ccsc4)CC3)cc21. The van der Waals surface area contributed by atoms with Gasteiger partial charge in [-0.3, -0.25) is 9.58 Å². The molecule has 30 heavy (non-hydrogen) atoms. The first-order valence-electron chi connectivity index (χ1n) is 10.7. The van der Waals surface area contributed by atoms with E-state index in [2.05, 4.69) is 51.3 Å². The Kier molecular flexibility index (Phi) is 5.16. The number of aryl methyl sites for hydroxylation is 1. The largest absolute Gasteiger partial charge is 0.328 e. The molecule has 0 radical (unpaired) electrons. The van der Waals surface area contributed by atoms with Crippen molar-refractivity contribution in [2.75, 3.05) is 13.1 Å². The molecule has 1 saturated heterocycles. The van der Waals surface area contributed by atoms with Crippen molar-refractivity contribution in [2.24, 2.45) is 7.05 Å². The van der Waals surface area contributed by atoms with Gasteiger partial charge in [0.2, 0.25) is 0 Å². The van der Waals surface area contributed by atoms with E-state index in [1.165, 1.54) is 16.8 Å². The average molecular weight is 421 g/mol. The maximum absolute atomic E-state index is 5.14. The molecule has 5 rings (SSSR count). The van der Waals surface area contributed by atoms with Crippen molar-refractivity contribution in [1.82, 2.24) is 29.2 Å². The molecule has 4 aromatic heterocycles. The van der Waals surface area contributed by atoms with E-state index in [1.54, 1.807) is 11.3 Å². The van der Waals surface area contributed by atoms with Gasteiger partial charge < -0.3 is 4.57 Å². The molecule has 6 nitrogen and oxygen atoms in total. The van der Waals surface area contributed by atoms with Crippen molar-refractivity contribution in [3.05, 3.63) is 52.9 Å². The van der Waals surface area contributed by atoms with Crippen LogP contribution in [-0.2, 0) is 13.6 Å². The molecule has 1 fully saturated rings. The Labute approximate surface area is 181 Å². The minimum absolute atomic E-state index is 0.361. The lowest BCUT2D eigenvalue weighted by Gasteiger charge is -2.31. The normalized spacial score (nSPS) is 16.1. The fraction of sp³-hybridized carbons (Fsp3) is 0.435. The molecule has 0 atom stereocenters. The molecule has 0 spiro atoms. The minimum Gasteiger partial charge on any atom is -0.328 e. The molecule has 5 heterocycles. The molecule has 0 bridgehead atoms. The Balaban J connectivity index is 1.46. The lowest BCUT2D eigenvalue weighted by Crippen LogP contribution is -2.32. The third-order valence-electron chi connectivity index (χ3n) is 6.11. The van der Waals surface area contributed by atoms with Crippen LogP contribution >= 0.6 is 11.3 Å². The molecule has 1 aliphatic heterocycles. The second kappa shape index (κ2) is 7.96. The van der Waals surface area contributed by atoms with Crippen LogP contribution in [0, 0.1) is 0 Å². The Hall–Kier alpha value is -2.51. The molecule has 1 aliphatic rings. The van der Waals surface area contributed by atoms with Gasteiger partial charge in [-0.1, -0.05) is 0 Å². The summed E-state index contributed by atoms with van der Waals surface area (Å²) in [6.45, 7) is 7.70. The zero-order valence-corrected chi connectivity index (χ0v) is 18.6. The van der Waals surface area contributed by atoms with E-state index < -0.39 is 0 Å². The summed E-state index contributed by atoms with van der Waals surface area (Å²) >= 11 is 1.78. The quantitative estimate of drug-likeness (QED) is 0.463. The van der Waals surface area contributed by atoms with Crippen LogP contribution in [0.15, 0.2) is 41.6 Å². The van der Waals surface area contributed by atoms with E-state index in [-0.39, 0.29) is 0 Å². The summed E-state index contributed by atoms with van der Waals surface area (Å²) in [5, 5.41) is 8.79. The summed E-state index contributed by atoms with van der Waals surface area (Å²) < 4.78 is 4.09. The van der Waals surface area contributed by atoms with Crippen molar-refractivity contribution in [3.63, 3.8) is 0 Å². The number of fused-ring (bicyclic) bond motifs is 1. The van der Waals surface area contributed by atoms with E-state index in [4.69, 9.17) is 9.97 Å². The van der Waals surface area contributed by atoms with E-state index in [0.717, 1.165) is 49.2 Å². The van der Waals surface area contributed by atoms with E-state index >= 15 is 0 Å². The summed E-state index contributed by atoms with van der Waals surface area (Å²) in [5.74, 6) is 0.485. The summed E-state index contributed by atoms with van der Waals surface area (Å²) in [6.07, 6.45) is 8.16. The standard InChI is InChI=1S/C23H28N6S/c1-16(2)29-15-24-23-21(29)10-20(26-22(23)19-11-25-27(3)13-19)18-4-7-28(8-5-18)12-17-6-9-30-14-17/h6,9-11,13-16,18H,4-5,7-8,12H2,1-3H3. The van der Waals surface area contributed by atoms with Crippen molar-refractivity contribution < 1.29 is 0 Å². The number of thiophene rings is 1. The van der Waals surface area contributed by atoms with Crippen LogP contribution in [0.4, 0.5) is 0 Å². The topological polar surface area (TPSA) is 51.8 Å². The molecule has 0 aliphatic carbocycles. The minimum atomic E-state index is 0.361. The summed E-state index contributed by atoms with van der Waals surface area (Å²) in [6, 6.07) is 4.88. The van der Waals surface area contributed by atoms with Gasteiger partial charge in [0.25, 0.3) is 0 Å². The van der Waals surface area contributed by atoms with E-state index in [1.807, 2.05) is 30.5 Å². The van der Waals surface area contributed by atoms with Crippen LogP contribution in [0.25, 0.3) is 22.3 Å². The molecule has 4 aromatic rings. The highest BCUT2D eigenvalue weighted by atomic mass is 32.1. The van der Waals surface area contributed by atoms with Gasteiger partial charge in [-0.15, -0.1) is 0 Å². The van der Waals surface area contributed by atoms with Gasteiger partial charge in [0.1, 0.15) is 11.2 Å². The summed E-state index contributed by atoms with van der Waals surface area (Å²) in [7, 11) is 1.94. The van der Waals surface area contributed by atoms with Gasteiger partial charge in [0.05, 0.1) is 18.0 Å². The lowest BCUT2D eigenvalue weighted by molar-refractivity contribution is 0.203. The molecule has 0 aromatic carbocycles. The zero-order valence-electron chi connectivity index (χ0n) is 17.8. The molecule has 0 unspecified atom stereocenters. The first kappa shape index (κ1) is 19.5. The van der Waals surface area contributed by atoms with Crippen LogP contribution < -0.4 is 0 Å². The molecule has 0 N–H and O–H groups in total. The van der Waals surface area contributed by atoms with Crippen molar-refractivity contribution in [2.45, 2.75) is 45.2 Å². The Morgan fingerprint density at radius 1 is 1.23 bits per heavy atom. The fourth-order valence-corrected chi connectivity index (χ4v) is 5.10. The van der Waals surface area contributed by atoms with Gasteiger partial charge in [-0.05, 0) is 68.2 Å². The first-order valence-corrected chi connectivity index (χ1v) is 11.6. The van der Waals surface area contributed by atoms with Crippen LogP contribution in [0.1, 0.15) is 49.9 Å². The first-order chi connectivity index (χ1) is 14.6. The summed E-state index contributed by atoms with van der Waals surface area (Å²) in [5.41, 5.74) is 6.76. The smallest absolute Gasteiger partial charge is 0.115 e. The maximum atomic E-state index is 5.14. The Morgan fingerprint density at radius 2 is 2.07 bits per heavy atom. The third-order valence-corrected chi connectivity index (χ3v) is 6.84. The number of nitrogens with zero attached hydrogens (tertiary/aromatic N) is 6. The van der Waals surface area contributed by atoms with Crippen molar-refractivity contribution in [3.8, 4) is 11.3 Å². The highest BCUT2D eigenvalue weighted by Crippen LogP contribution is 2.34. The lowest BCUT2D eigenvalue weighted by atomic mass is 9.92. The van der Waals surface area contributed by atoms with Gasteiger partial charge in [-0.2, -0.15) is 16.4 Å². The second-order valence-electron chi connectivity index (χ2n) is 8.59. The van der Waals surface area contributed by atoms with Crippen molar-refractivity contribution >= 4 is 22.4 Å². The number of hydrogen-bond donors (Lipinski definition) is 0. The molecular formula is C23H28N6S. The predicted molar refractivity (Wildman–Crippen MR) is 122 cm³/mol. The highest BCUT2D eigenvalue weighted by Gasteiger charge is 2.24. The monoisotopic (exact) mass is 420 g/mol. The number of piperidine rings is 1. The predicted octanol–water partition coefficient (Wildman–Crippen LogP) is 4.85. The fourth-order valence-electron chi connectivity index (χ4n) is 4.44. The number of hydrogen-bond acceptors (Lipinski definition) is 5. The van der Waals surface area contributed by atoms with Gasteiger partial charge in [-0.25, -0.2) is 9.97 Å². The van der Waals surface area contributed by atoms with Crippen LogP contribution in [0.3, 0.4) is 0 Å². The highest BCUT2D eigenvalue weighted by molar-refractivity contribution is 7.07. The third kappa shape index (κ3) is 3.68. The number of rotatable bonds is 5. The number of imidazole rings is 1. The number of likely N-dealkylation sites (tertiary alicyclic amines) is 1. The van der Waals surface area contributed by atoms with Crippen LogP contribution in [0.2, 0.25) is 0 Å². The second-order valence-corrected chi connectivity index (χ2v) is 9.37. The Bertz CT molecular complexity index is 1130. The number of aromatic nitrogens is 5. The molecule has 7 heteroatoms. The van der Waals surface area contributed by atoms with Gasteiger partial charge in [0.15, 0.2) is 0 Å². The molecular weight excluding hydrogens is 392 g/mol. The van der Waals surface area contributed by atoms with Gasteiger partial charge in [0, 0.05) is 43.0 Å². The van der Waals surface area contributed by atoms with E-state index in [0.29, 0.717) is 12.0 Å². The molecule has 0 amide bonds. The Morgan fingerprint density at radius 3 is 2.73 bits per heavy atom. The molecule has 156 valence electrons.